The van der Waals surface area contributed by atoms with Gasteiger partial charge in [0.15, 0.2) is 0 Å². The van der Waals surface area contributed by atoms with Gasteiger partial charge in [0.25, 0.3) is 11.7 Å². The summed E-state index contributed by atoms with van der Waals surface area (Å²) >= 11 is 6.34. The molecule has 1 heterocycles. The molecule has 1 unspecified atom stereocenters. The van der Waals surface area contributed by atoms with Crippen LogP contribution in [-0.4, -0.2) is 55.2 Å². The van der Waals surface area contributed by atoms with Crippen molar-refractivity contribution in [2.24, 2.45) is 0 Å². The van der Waals surface area contributed by atoms with E-state index in [4.69, 9.17) is 25.8 Å². The second-order valence-corrected chi connectivity index (χ2v) is 7.88. The molecule has 1 saturated heterocycles. The monoisotopic (exact) mass is 473 g/mol. The molecule has 1 aliphatic heterocycles. The molecule has 1 fully saturated rings. The predicted molar refractivity (Wildman–Crippen MR) is 126 cm³/mol. The maximum Gasteiger partial charge on any atom is 0.295 e. The quantitative estimate of drug-likeness (QED) is 0.308. The smallest absolute Gasteiger partial charge is 0.295 e. The van der Waals surface area contributed by atoms with Gasteiger partial charge in [0.2, 0.25) is 0 Å². The second kappa shape index (κ2) is 11.2. The van der Waals surface area contributed by atoms with Crippen LogP contribution in [0.1, 0.15) is 37.4 Å². The highest BCUT2D eigenvalue weighted by Gasteiger charge is 2.46. The Morgan fingerprint density at radius 2 is 1.73 bits per heavy atom. The molecule has 8 heteroatoms. The molecule has 1 N–H and O–H groups in total. The van der Waals surface area contributed by atoms with Crippen LogP contribution in [0.15, 0.2) is 48.0 Å². The third kappa shape index (κ3) is 5.31. The maximum absolute atomic E-state index is 13.1. The molecule has 7 nitrogen and oxygen atoms in total. The molecular formula is C25H28ClNO6. The predicted octanol–water partition coefficient (Wildman–Crippen LogP) is 4.60. The SMILES string of the molecule is CCCOc1ccc(C2/C(=C(\O)c3cc(OCC)ccc3Cl)C(=O)C(=O)N2CCOC)cc1. The van der Waals surface area contributed by atoms with Gasteiger partial charge in [0.05, 0.1) is 36.5 Å². The lowest BCUT2D eigenvalue weighted by Gasteiger charge is -2.25. The van der Waals surface area contributed by atoms with Crippen molar-refractivity contribution >= 4 is 29.1 Å². The molecule has 0 aliphatic carbocycles. The van der Waals surface area contributed by atoms with Crippen LogP contribution >= 0.6 is 11.6 Å². The van der Waals surface area contributed by atoms with E-state index in [1.165, 1.54) is 12.0 Å². The minimum atomic E-state index is -0.799. The minimum absolute atomic E-state index is 0.0334. The van der Waals surface area contributed by atoms with E-state index in [1.807, 2.05) is 13.8 Å². The molecule has 3 rings (SSSR count). The zero-order chi connectivity index (χ0) is 24.0. The topological polar surface area (TPSA) is 85.3 Å². The van der Waals surface area contributed by atoms with Crippen molar-refractivity contribution in [2.45, 2.75) is 26.3 Å². The highest BCUT2D eigenvalue weighted by atomic mass is 35.5. The maximum atomic E-state index is 13.1. The fourth-order valence-corrected chi connectivity index (χ4v) is 3.91. The third-order valence-electron chi connectivity index (χ3n) is 5.25. The molecule has 0 radical (unpaired) electrons. The number of rotatable bonds is 10. The molecule has 1 atom stereocenters. The Morgan fingerprint density at radius 1 is 1.03 bits per heavy atom. The van der Waals surface area contributed by atoms with Crippen molar-refractivity contribution in [3.8, 4) is 11.5 Å². The highest BCUT2D eigenvalue weighted by Crippen LogP contribution is 2.41. The van der Waals surface area contributed by atoms with Gasteiger partial charge in [-0.2, -0.15) is 0 Å². The van der Waals surface area contributed by atoms with E-state index in [0.717, 1.165) is 6.42 Å². The first-order valence-corrected chi connectivity index (χ1v) is 11.2. The summed E-state index contributed by atoms with van der Waals surface area (Å²) in [7, 11) is 1.52. The summed E-state index contributed by atoms with van der Waals surface area (Å²) in [6.07, 6.45) is 0.875. The Balaban J connectivity index is 2.11. The van der Waals surface area contributed by atoms with Gasteiger partial charge in [0, 0.05) is 19.2 Å². The molecule has 176 valence electrons. The average Bonchev–Trinajstić information content (AvgIpc) is 3.07. The summed E-state index contributed by atoms with van der Waals surface area (Å²) in [5.74, 6) is -0.663. The van der Waals surface area contributed by atoms with Crippen LogP contribution in [0.5, 0.6) is 11.5 Å². The average molecular weight is 474 g/mol. The van der Waals surface area contributed by atoms with Gasteiger partial charge in [-0.05, 0) is 49.2 Å². The molecule has 0 bridgehead atoms. The number of halogens is 1. The molecular weight excluding hydrogens is 446 g/mol. The number of methoxy groups -OCH3 is 1. The first-order chi connectivity index (χ1) is 15.9. The van der Waals surface area contributed by atoms with Crippen molar-refractivity contribution in [1.29, 1.82) is 0 Å². The van der Waals surface area contributed by atoms with Crippen LogP contribution in [0.4, 0.5) is 0 Å². The van der Waals surface area contributed by atoms with E-state index in [2.05, 4.69) is 0 Å². The summed E-state index contributed by atoms with van der Waals surface area (Å²) in [6, 6.07) is 11.1. The van der Waals surface area contributed by atoms with E-state index < -0.39 is 17.7 Å². The number of amides is 1. The van der Waals surface area contributed by atoms with Crippen LogP contribution in [0.3, 0.4) is 0 Å². The van der Waals surface area contributed by atoms with Gasteiger partial charge >= 0.3 is 0 Å². The lowest BCUT2D eigenvalue weighted by atomic mass is 9.95. The van der Waals surface area contributed by atoms with Crippen molar-refractivity contribution < 1.29 is 28.9 Å². The number of ketones is 1. The number of carbonyl (C=O) groups is 2. The number of ether oxygens (including phenoxy) is 3. The summed E-state index contributed by atoms with van der Waals surface area (Å²) in [5, 5.41) is 11.4. The lowest BCUT2D eigenvalue weighted by Crippen LogP contribution is -2.32. The van der Waals surface area contributed by atoms with Crippen molar-refractivity contribution in [3.63, 3.8) is 0 Å². The largest absolute Gasteiger partial charge is 0.507 e. The zero-order valence-electron chi connectivity index (χ0n) is 19.0. The van der Waals surface area contributed by atoms with Gasteiger partial charge in [-0.1, -0.05) is 30.7 Å². The van der Waals surface area contributed by atoms with Crippen LogP contribution < -0.4 is 9.47 Å². The lowest BCUT2D eigenvalue weighted by molar-refractivity contribution is -0.140. The summed E-state index contributed by atoms with van der Waals surface area (Å²) < 4.78 is 16.3. The third-order valence-corrected chi connectivity index (χ3v) is 5.58. The van der Waals surface area contributed by atoms with E-state index in [0.29, 0.717) is 30.3 Å². The Bertz CT molecular complexity index is 1030. The van der Waals surface area contributed by atoms with Gasteiger partial charge in [0.1, 0.15) is 17.3 Å². The van der Waals surface area contributed by atoms with Gasteiger partial charge < -0.3 is 24.2 Å². The summed E-state index contributed by atoms with van der Waals surface area (Å²) in [5.41, 5.74) is 0.849. The minimum Gasteiger partial charge on any atom is -0.507 e. The van der Waals surface area contributed by atoms with Crippen molar-refractivity contribution in [3.05, 3.63) is 64.2 Å². The fraction of sp³-hybridized carbons (Fsp3) is 0.360. The highest BCUT2D eigenvalue weighted by molar-refractivity contribution is 6.47. The molecule has 1 amide bonds. The van der Waals surface area contributed by atoms with Gasteiger partial charge in [-0.3, -0.25) is 9.59 Å². The standard InChI is InChI=1S/C25H28ClNO6/c1-4-13-33-17-8-6-16(7-9-17)22-21(24(29)25(30)27(22)12-14-31-3)23(28)19-15-18(32-5-2)10-11-20(19)26/h6-11,15,22,28H,4-5,12-14H2,1-3H3/b23-21+. The number of Topliss-reactive ketones (excluding diaryl/α,β-unsaturated/α-hetero) is 1. The Hall–Kier alpha value is -3.03. The molecule has 2 aromatic rings. The molecule has 33 heavy (non-hydrogen) atoms. The summed E-state index contributed by atoms with van der Waals surface area (Å²) in [6.45, 7) is 5.29. The second-order valence-electron chi connectivity index (χ2n) is 7.48. The van der Waals surface area contributed by atoms with Gasteiger partial charge in [-0.15, -0.1) is 0 Å². The number of aliphatic hydroxyl groups is 1. The van der Waals surface area contributed by atoms with E-state index in [9.17, 15) is 14.7 Å². The van der Waals surface area contributed by atoms with Crippen LogP contribution in [0.25, 0.3) is 5.76 Å². The van der Waals surface area contributed by atoms with Crippen molar-refractivity contribution in [1.82, 2.24) is 4.90 Å². The normalized spacial score (nSPS) is 17.5. The number of aliphatic hydroxyl groups excluding tert-OH is 1. The van der Waals surface area contributed by atoms with Crippen LogP contribution in [-0.2, 0) is 14.3 Å². The fourth-order valence-electron chi connectivity index (χ4n) is 3.70. The van der Waals surface area contributed by atoms with Crippen LogP contribution in [0.2, 0.25) is 5.02 Å². The molecule has 2 aromatic carbocycles. The summed E-state index contributed by atoms with van der Waals surface area (Å²) in [4.78, 5) is 27.4. The number of benzene rings is 2. The van der Waals surface area contributed by atoms with Crippen molar-refractivity contribution in [2.75, 3.05) is 33.5 Å². The first kappa shape index (κ1) is 24.6. The molecule has 0 aromatic heterocycles. The Labute approximate surface area is 198 Å². The van der Waals surface area contributed by atoms with Crippen LogP contribution in [0, 0.1) is 0 Å². The number of hydrogen-bond donors (Lipinski definition) is 1. The molecule has 0 spiro atoms. The molecule has 1 aliphatic rings. The van der Waals surface area contributed by atoms with E-state index in [-0.39, 0.29) is 35.1 Å². The molecule has 0 saturated carbocycles. The first-order valence-electron chi connectivity index (χ1n) is 10.9. The zero-order valence-corrected chi connectivity index (χ0v) is 19.7. The number of hydrogen-bond acceptors (Lipinski definition) is 6. The Kier molecular flexibility index (Phi) is 8.36. The van der Waals surface area contributed by atoms with E-state index >= 15 is 0 Å². The van der Waals surface area contributed by atoms with E-state index in [1.54, 1.807) is 42.5 Å². The number of likely N-dealkylation sites (tertiary alicyclic amines) is 1. The van der Waals surface area contributed by atoms with Gasteiger partial charge in [-0.25, -0.2) is 0 Å². The Morgan fingerprint density at radius 3 is 2.36 bits per heavy atom. The number of nitrogens with zero attached hydrogens (tertiary/aromatic N) is 1. The number of carbonyl (C=O) groups excluding carboxylic acids is 2.